The highest BCUT2D eigenvalue weighted by atomic mass is 35.5. The molecule has 3 rings (SSSR count). The Morgan fingerprint density at radius 2 is 2.17 bits per heavy atom. The van der Waals surface area contributed by atoms with E-state index in [4.69, 9.17) is 11.6 Å². The number of nitrogens with zero attached hydrogens (tertiary/aromatic N) is 2. The number of thiazole rings is 1. The van der Waals surface area contributed by atoms with E-state index in [2.05, 4.69) is 15.2 Å². The molecule has 1 aliphatic heterocycles. The number of hydrogen-bond acceptors (Lipinski definition) is 4. The molecule has 1 N–H and O–H groups in total. The molecule has 1 aromatic carbocycles. The summed E-state index contributed by atoms with van der Waals surface area (Å²) in [6, 6.07) is 4.13. The molecule has 128 valence electrons. The van der Waals surface area contributed by atoms with Gasteiger partial charge in [-0.25, -0.2) is 9.37 Å². The van der Waals surface area contributed by atoms with Gasteiger partial charge >= 0.3 is 0 Å². The SMILES string of the molecule is Cc1nc(CCN2CCCC2)sc1C(=O)Nc1ccc(F)c(Cl)c1. The minimum atomic E-state index is -0.507. The Kier molecular flexibility index (Phi) is 5.48. The summed E-state index contributed by atoms with van der Waals surface area (Å²) in [5.41, 5.74) is 1.19. The zero-order chi connectivity index (χ0) is 17.1. The second kappa shape index (κ2) is 7.59. The third kappa shape index (κ3) is 4.12. The average Bonchev–Trinajstić information content (AvgIpc) is 3.18. The Hall–Kier alpha value is -1.50. The molecule has 0 radical (unpaired) electrons. The van der Waals surface area contributed by atoms with Crippen LogP contribution in [0, 0.1) is 12.7 Å². The maximum Gasteiger partial charge on any atom is 0.267 e. The van der Waals surface area contributed by atoms with Gasteiger partial charge in [0.2, 0.25) is 0 Å². The van der Waals surface area contributed by atoms with E-state index in [0.29, 0.717) is 10.6 Å². The fourth-order valence-electron chi connectivity index (χ4n) is 2.79. The van der Waals surface area contributed by atoms with Crippen LogP contribution in [0.2, 0.25) is 5.02 Å². The number of benzene rings is 1. The van der Waals surface area contributed by atoms with Gasteiger partial charge < -0.3 is 10.2 Å². The van der Waals surface area contributed by atoms with Crippen LogP contribution in [-0.2, 0) is 6.42 Å². The van der Waals surface area contributed by atoms with E-state index in [-0.39, 0.29) is 10.9 Å². The molecule has 0 saturated carbocycles. The van der Waals surface area contributed by atoms with Crippen molar-refractivity contribution < 1.29 is 9.18 Å². The number of halogens is 2. The van der Waals surface area contributed by atoms with Crippen molar-refractivity contribution in [1.29, 1.82) is 0 Å². The van der Waals surface area contributed by atoms with E-state index in [1.54, 1.807) is 0 Å². The van der Waals surface area contributed by atoms with E-state index in [0.717, 1.165) is 36.8 Å². The Bertz CT molecular complexity index is 743. The number of hydrogen-bond donors (Lipinski definition) is 1. The fraction of sp³-hybridized carbons (Fsp3) is 0.412. The highest BCUT2D eigenvalue weighted by Gasteiger charge is 2.17. The molecule has 24 heavy (non-hydrogen) atoms. The zero-order valence-corrected chi connectivity index (χ0v) is 15.0. The van der Waals surface area contributed by atoms with E-state index in [1.807, 2.05) is 6.92 Å². The maximum atomic E-state index is 13.2. The van der Waals surface area contributed by atoms with Crippen molar-refractivity contribution in [3.05, 3.63) is 44.6 Å². The quantitative estimate of drug-likeness (QED) is 0.864. The zero-order valence-electron chi connectivity index (χ0n) is 13.4. The summed E-state index contributed by atoms with van der Waals surface area (Å²) in [6.45, 7) is 5.13. The highest BCUT2D eigenvalue weighted by molar-refractivity contribution is 7.13. The third-order valence-electron chi connectivity index (χ3n) is 4.07. The van der Waals surface area contributed by atoms with E-state index >= 15 is 0 Å². The Balaban J connectivity index is 1.64. The number of carbonyl (C=O) groups is 1. The van der Waals surface area contributed by atoms with Crippen LogP contribution in [0.5, 0.6) is 0 Å². The minimum Gasteiger partial charge on any atom is -0.321 e. The number of likely N-dealkylation sites (tertiary alicyclic amines) is 1. The smallest absolute Gasteiger partial charge is 0.267 e. The van der Waals surface area contributed by atoms with Gasteiger partial charge in [-0.05, 0) is 51.1 Å². The van der Waals surface area contributed by atoms with Crippen LogP contribution >= 0.6 is 22.9 Å². The van der Waals surface area contributed by atoms with Crippen molar-refractivity contribution in [1.82, 2.24) is 9.88 Å². The first-order valence-corrected chi connectivity index (χ1v) is 9.17. The molecular weight excluding hydrogens is 349 g/mol. The van der Waals surface area contributed by atoms with Gasteiger partial charge in [0, 0.05) is 18.7 Å². The lowest BCUT2D eigenvalue weighted by molar-refractivity contribution is 0.103. The first kappa shape index (κ1) is 17.3. The van der Waals surface area contributed by atoms with Crippen molar-refractivity contribution in [3.8, 4) is 0 Å². The van der Waals surface area contributed by atoms with E-state index in [9.17, 15) is 9.18 Å². The second-order valence-electron chi connectivity index (χ2n) is 5.90. The van der Waals surface area contributed by atoms with Crippen LogP contribution in [0.15, 0.2) is 18.2 Å². The molecule has 1 amide bonds. The Morgan fingerprint density at radius 3 is 2.88 bits per heavy atom. The van der Waals surface area contributed by atoms with E-state index < -0.39 is 5.82 Å². The Labute approximate surface area is 149 Å². The lowest BCUT2D eigenvalue weighted by Gasteiger charge is -2.12. The standard InChI is InChI=1S/C17H19ClFN3OS/c1-11-16(17(23)21-12-4-5-14(19)13(18)10-12)24-15(20-11)6-9-22-7-2-3-8-22/h4-5,10H,2-3,6-9H2,1H3,(H,21,23). The number of carbonyl (C=O) groups excluding carboxylic acids is 1. The highest BCUT2D eigenvalue weighted by Crippen LogP contribution is 2.23. The van der Waals surface area contributed by atoms with Gasteiger partial charge in [-0.1, -0.05) is 11.6 Å². The van der Waals surface area contributed by atoms with Crippen molar-refractivity contribution >= 4 is 34.5 Å². The molecule has 2 aromatic rings. The predicted octanol–water partition coefficient (Wildman–Crippen LogP) is 4.13. The summed E-state index contributed by atoms with van der Waals surface area (Å²) >= 11 is 7.16. The van der Waals surface area contributed by atoms with Gasteiger partial charge in [0.25, 0.3) is 5.91 Å². The molecule has 0 spiro atoms. The number of nitrogens with one attached hydrogen (secondary N) is 1. The van der Waals surface area contributed by atoms with Gasteiger partial charge in [-0.15, -0.1) is 11.3 Å². The summed E-state index contributed by atoms with van der Waals surface area (Å²) in [4.78, 5) is 19.9. The molecule has 0 atom stereocenters. The minimum absolute atomic E-state index is 0.0138. The molecule has 7 heteroatoms. The lowest BCUT2D eigenvalue weighted by Crippen LogP contribution is -2.21. The molecule has 2 heterocycles. The molecule has 1 aliphatic rings. The summed E-state index contributed by atoms with van der Waals surface area (Å²) < 4.78 is 13.2. The van der Waals surface area contributed by atoms with Crippen LogP contribution in [0.3, 0.4) is 0 Å². The number of amides is 1. The van der Waals surface area contributed by atoms with Crippen LogP contribution in [-0.4, -0.2) is 35.4 Å². The number of aryl methyl sites for hydroxylation is 1. The lowest BCUT2D eigenvalue weighted by atomic mass is 10.3. The monoisotopic (exact) mass is 367 g/mol. The van der Waals surface area contributed by atoms with Gasteiger partial charge in [-0.3, -0.25) is 4.79 Å². The average molecular weight is 368 g/mol. The van der Waals surface area contributed by atoms with Crippen LogP contribution in [0.1, 0.15) is 33.2 Å². The molecule has 1 saturated heterocycles. The van der Waals surface area contributed by atoms with Gasteiger partial charge in [0.1, 0.15) is 10.7 Å². The van der Waals surface area contributed by atoms with Crippen molar-refractivity contribution in [2.24, 2.45) is 0 Å². The number of anilines is 1. The maximum absolute atomic E-state index is 13.2. The summed E-state index contributed by atoms with van der Waals surface area (Å²) in [7, 11) is 0. The summed E-state index contributed by atoms with van der Waals surface area (Å²) in [5, 5.41) is 3.71. The molecule has 0 aliphatic carbocycles. The van der Waals surface area contributed by atoms with Gasteiger partial charge in [0.15, 0.2) is 0 Å². The summed E-state index contributed by atoms with van der Waals surface area (Å²) in [5.74, 6) is -0.743. The number of rotatable bonds is 5. The summed E-state index contributed by atoms with van der Waals surface area (Å²) in [6.07, 6.45) is 3.40. The van der Waals surface area contributed by atoms with E-state index in [1.165, 1.54) is 42.4 Å². The number of aromatic nitrogens is 1. The topological polar surface area (TPSA) is 45.2 Å². The first-order valence-electron chi connectivity index (χ1n) is 7.98. The van der Waals surface area contributed by atoms with Crippen molar-refractivity contribution in [2.75, 3.05) is 25.0 Å². The Morgan fingerprint density at radius 1 is 1.42 bits per heavy atom. The molecule has 4 nitrogen and oxygen atoms in total. The van der Waals surface area contributed by atoms with Gasteiger partial charge in [0.05, 0.1) is 15.7 Å². The molecule has 0 unspecified atom stereocenters. The molecule has 0 bridgehead atoms. The van der Waals surface area contributed by atoms with Crippen LogP contribution in [0.4, 0.5) is 10.1 Å². The normalized spacial score (nSPS) is 15.0. The van der Waals surface area contributed by atoms with Crippen LogP contribution in [0.25, 0.3) is 0 Å². The second-order valence-corrected chi connectivity index (χ2v) is 7.39. The first-order chi connectivity index (χ1) is 11.5. The predicted molar refractivity (Wildman–Crippen MR) is 95.6 cm³/mol. The molecular formula is C17H19ClFN3OS. The third-order valence-corrected chi connectivity index (χ3v) is 5.57. The van der Waals surface area contributed by atoms with Gasteiger partial charge in [-0.2, -0.15) is 0 Å². The largest absolute Gasteiger partial charge is 0.321 e. The molecule has 1 fully saturated rings. The molecule has 1 aromatic heterocycles. The van der Waals surface area contributed by atoms with Crippen molar-refractivity contribution in [3.63, 3.8) is 0 Å². The van der Waals surface area contributed by atoms with Crippen molar-refractivity contribution in [2.45, 2.75) is 26.2 Å². The van der Waals surface area contributed by atoms with Crippen LogP contribution < -0.4 is 5.32 Å². The fourth-order valence-corrected chi connectivity index (χ4v) is 3.92.